The van der Waals surface area contributed by atoms with Gasteiger partial charge in [0.15, 0.2) is 0 Å². The van der Waals surface area contributed by atoms with Gasteiger partial charge in [0.2, 0.25) is 0 Å². The summed E-state index contributed by atoms with van der Waals surface area (Å²) in [5.41, 5.74) is 0. The maximum Gasteiger partial charge on any atom is 0.316 e. The SMILES string of the molecule is O=C(Cl)N(CCO)CCO. The van der Waals surface area contributed by atoms with Crippen LogP contribution >= 0.6 is 11.6 Å². The number of nitrogens with zero attached hydrogens (tertiary/aromatic N) is 1. The highest BCUT2D eigenvalue weighted by Crippen LogP contribution is 1.93. The van der Waals surface area contributed by atoms with Gasteiger partial charge in [-0.05, 0) is 11.6 Å². The summed E-state index contributed by atoms with van der Waals surface area (Å²) in [6.07, 6.45) is 0. The van der Waals surface area contributed by atoms with Crippen molar-refractivity contribution in [2.45, 2.75) is 0 Å². The first-order chi connectivity index (χ1) is 4.72. The van der Waals surface area contributed by atoms with Crippen molar-refractivity contribution < 1.29 is 15.0 Å². The predicted octanol–water partition coefficient (Wildman–Crippen LogP) is -0.368. The van der Waals surface area contributed by atoms with Gasteiger partial charge in [-0.3, -0.25) is 4.79 Å². The molecule has 0 saturated heterocycles. The molecule has 0 aliphatic carbocycles. The van der Waals surface area contributed by atoms with E-state index in [2.05, 4.69) is 0 Å². The topological polar surface area (TPSA) is 60.8 Å². The molecule has 0 unspecified atom stereocenters. The lowest BCUT2D eigenvalue weighted by Gasteiger charge is -2.15. The molecule has 0 aromatic carbocycles. The van der Waals surface area contributed by atoms with Gasteiger partial charge in [0.05, 0.1) is 13.2 Å². The van der Waals surface area contributed by atoms with Crippen LogP contribution in [0.2, 0.25) is 0 Å². The molecule has 0 saturated carbocycles. The average molecular weight is 168 g/mol. The summed E-state index contributed by atoms with van der Waals surface area (Å²) in [7, 11) is 0. The summed E-state index contributed by atoms with van der Waals surface area (Å²) in [6, 6.07) is 0. The van der Waals surface area contributed by atoms with E-state index in [-0.39, 0.29) is 26.3 Å². The highest BCUT2D eigenvalue weighted by Gasteiger charge is 2.07. The van der Waals surface area contributed by atoms with Gasteiger partial charge in [0.1, 0.15) is 0 Å². The van der Waals surface area contributed by atoms with Gasteiger partial charge in [-0.25, -0.2) is 0 Å². The van der Waals surface area contributed by atoms with Gasteiger partial charge >= 0.3 is 5.37 Å². The molecular weight excluding hydrogens is 158 g/mol. The molecule has 10 heavy (non-hydrogen) atoms. The Morgan fingerprint density at radius 1 is 1.30 bits per heavy atom. The van der Waals surface area contributed by atoms with Crippen LogP contribution in [-0.4, -0.2) is 46.8 Å². The highest BCUT2D eigenvalue weighted by atomic mass is 35.5. The van der Waals surface area contributed by atoms with E-state index < -0.39 is 5.37 Å². The number of hydrogen-bond donors (Lipinski definition) is 2. The summed E-state index contributed by atoms with van der Waals surface area (Å²) in [4.78, 5) is 11.5. The number of halogens is 1. The summed E-state index contributed by atoms with van der Waals surface area (Å²) in [6.45, 7) is 0.0582. The van der Waals surface area contributed by atoms with Gasteiger partial charge in [-0.2, -0.15) is 0 Å². The van der Waals surface area contributed by atoms with Crippen molar-refractivity contribution in [1.82, 2.24) is 4.90 Å². The molecule has 0 atom stereocenters. The van der Waals surface area contributed by atoms with E-state index in [9.17, 15) is 4.79 Å². The van der Waals surface area contributed by atoms with E-state index in [4.69, 9.17) is 21.8 Å². The first kappa shape index (κ1) is 9.68. The molecule has 0 heterocycles. The van der Waals surface area contributed by atoms with E-state index in [1.165, 1.54) is 0 Å². The molecule has 60 valence electrons. The van der Waals surface area contributed by atoms with Crippen molar-refractivity contribution in [2.75, 3.05) is 26.3 Å². The van der Waals surface area contributed by atoms with Crippen molar-refractivity contribution in [3.63, 3.8) is 0 Å². The Bertz CT molecular complexity index is 103. The molecule has 0 aromatic rings. The van der Waals surface area contributed by atoms with Crippen LogP contribution in [0.3, 0.4) is 0 Å². The number of rotatable bonds is 4. The third-order valence-electron chi connectivity index (χ3n) is 0.988. The molecule has 0 aliphatic heterocycles. The van der Waals surface area contributed by atoms with Crippen molar-refractivity contribution in [3.05, 3.63) is 0 Å². The van der Waals surface area contributed by atoms with Crippen LogP contribution in [-0.2, 0) is 0 Å². The van der Waals surface area contributed by atoms with E-state index in [0.29, 0.717) is 0 Å². The number of carbonyl (C=O) groups excluding carboxylic acids is 1. The Morgan fingerprint density at radius 2 is 1.70 bits per heavy atom. The molecule has 0 fully saturated rings. The van der Waals surface area contributed by atoms with Gasteiger partial charge in [-0.1, -0.05) is 0 Å². The average Bonchev–Trinajstić information content (AvgIpc) is 1.87. The lowest BCUT2D eigenvalue weighted by molar-refractivity contribution is 0.174. The van der Waals surface area contributed by atoms with Crippen LogP contribution in [0.5, 0.6) is 0 Å². The largest absolute Gasteiger partial charge is 0.395 e. The Morgan fingerprint density at radius 3 is 1.90 bits per heavy atom. The Kier molecular flexibility index (Phi) is 5.29. The van der Waals surface area contributed by atoms with Gasteiger partial charge in [-0.15, -0.1) is 0 Å². The lowest BCUT2D eigenvalue weighted by atomic mass is 10.5. The normalized spacial score (nSPS) is 9.50. The summed E-state index contributed by atoms with van der Waals surface area (Å²) in [5.74, 6) is 0. The van der Waals surface area contributed by atoms with E-state index in [1.807, 2.05) is 0 Å². The minimum Gasteiger partial charge on any atom is -0.395 e. The molecule has 4 nitrogen and oxygen atoms in total. The quantitative estimate of drug-likeness (QED) is 0.444. The van der Waals surface area contributed by atoms with E-state index in [0.717, 1.165) is 4.90 Å². The zero-order valence-corrected chi connectivity index (χ0v) is 6.21. The monoisotopic (exact) mass is 167 g/mol. The number of hydrogen-bond acceptors (Lipinski definition) is 3. The Labute approximate surface area is 64.0 Å². The second-order valence-electron chi connectivity index (χ2n) is 1.69. The van der Waals surface area contributed by atoms with Crippen molar-refractivity contribution in [2.24, 2.45) is 0 Å². The number of aliphatic hydroxyl groups excluding tert-OH is 2. The Hall–Kier alpha value is -0.320. The van der Waals surface area contributed by atoms with Crippen molar-refractivity contribution in [1.29, 1.82) is 0 Å². The molecule has 5 heteroatoms. The van der Waals surface area contributed by atoms with Crippen LogP contribution in [0.4, 0.5) is 4.79 Å². The lowest BCUT2D eigenvalue weighted by Crippen LogP contribution is -2.31. The zero-order valence-electron chi connectivity index (χ0n) is 5.46. The van der Waals surface area contributed by atoms with Gasteiger partial charge in [0.25, 0.3) is 0 Å². The summed E-state index contributed by atoms with van der Waals surface area (Å²) >= 11 is 5.07. The number of aliphatic hydroxyl groups is 2. The molecule has 0 rings (SSSR count). The minimum atomic E-state index is -0.650. The van der Waals surface area contributed by atoms with Crippen LogP contribution in [0.25, 0.3) is 0 Å². The van der Waals surface area contributed by atoms with E-state index >= 15 is 0 Å². The number of carbonyl (C=O) groups is 1. The fourth-order valence-corrected chi connectivity index (χ4v) is 0.698. The first-order valence-electron chi connectivity index (χ1n) is 2.88. The molecule has 0 aromatic heterocycles. The molecule has 0 bridgehead atoms. The second kappa shape index (κ2) is 5.46. The van der Waals surface area contributed by atoms with Crippen molar-refractivity contribution in [3.8, 4) is 0 Å². The fraction of sp³-hybridized carbons (Fsp3) is 0.800. The standard InChI is InChI=1S/C5H10ClNO3/c6-5(10)7(1-3-8)2-4-9/h8-9H,1-4H2. The van der Waals surface area contributed by atoms with Crippen LogP contribution in [0.15, 0.2) is 0 Å². The third kappa shape index (κ3) is 3.66. The third-order valence-corrected chi connectivity index (χ3v) is 1.23. The van der Waals surface area contributed by atoms with Crippen LogP contribution in [0.1, 0.15) is 0 Å². The van der Waals surface area contributed by atoms with Gasteiger partial charge < -0.3 is 15.1 Å². The Balaban J connectivity index is 3.61. The number of amides is 1. The molecule has 1 amide bonds. The smallest absolute Gasteiger partial charge is 0.316 e. The molecule has 0 radical (unpaired) electrons. The molecule has 2 N–H and O–H groups in total. The van der Waals surface area contributed by atoms with Crippen LogP contribution < -0.4 is 0 Å². The minimum absolute atomic E-state index is 0.140. The predicted molar refractivity (Wildman–Crippen MR) is 37.0 cm³/mol. The molecule has 0 spiro atoms. The van der Waals surface area contributed by atoms with Crippen LogP contribution in [0, 0.1) is 0 Å². The van der Waals surface area contributed by atoms with E-state index in [1.54, 1.807) is 0 Å². The highest BCUT2D eigenvalue weighted by molar-refractivity contribution is 6.62. The van der Waals surface area contributed by atoms with Crippen molar-refractivity contribution >= 4 is 17.0 Å². The maximum absolute atomic E-state index is 10.4. The van der Waals surface area contributed by atoms with Gasteiger partial charge in [0, 0.05) is 13.1 Å². The molecule has 0 aliphatic rings. The molecular formula is C5H10ClNO3. The maximum atomic E-state index is 10.4. The first-order valence-corrected chi connectivity index (χ1v) is 3.26. The fourth-order valence-electron chi connectivity index (χ4n) is 0.529. The summed E-state index contributed by atoms with van der Waals surface area (Å²) < 4.78 is 0. The second-order valence-corrected chi connectivity index (χ2v) is 2.01. The summed E-state index contributed by atoms with van der Waals surface area (Å²) in [5, 5.41) is 16.1. The zero-order chi connectivity index (χ0) is 7.98.